The van der Waals surface area contributed by atoms with E-state index in [2.05, 4.69) is 27.3 Å². The zero-order chi connectivity index (χ0) is 21.8. The molecule has 1 aromatic heterocycles. The Hall–Kier alpha value is -3.58. The van der Waals surface area contributed by atoms with Gasteiger partial charge in [-0.3, -0.25) is 4.79 Å². The van der Waals surface area contributed by atoms with Crippen molar-refractivity contribution in [2.75, 3.05) is 41.3 Å². The fourth-order valence-corrected chi connectivity index (χ4v) is 3.77. The van der Waals surface area contributed by atoms with Crippen LogP contribution in [0.15, 0.2) is 66.9 Å². The molecule has 4 rings (SSSR count). The largest absolute Gasteiger partial charge is 0.478 e. The number of pyridine rings is 1. The van der Waals surface area contributed by atoms with Gasteiger partial charge in [0.25, 0.3) is 5.91 Å². The first-order chi connectivity index (χ1) is 15.0. The molecule has 7 nitrogen and oxygen atoms in total. The summed E-state index contributed by atoms with van der Waals surface area (Å²) in [6, 6.07) is 18.1. The van der Waals surface area contributed by atoms with Gasteiger partial charge in [0.2, 0.25) is 0 Å². The second kappa shape index (κ2) is 9.06. The first-order valence-corrected chi connectivity index (χ1v) is 10.2. The molecule has 2 heterocycles. The third kappa shape index (κ3) is 4.78. The molecule has 0 aliphatic carbocycles. The summed E-state index contributed by atoms with van der Waals surface area (Å²) in [7, 11) is 0. The molecule has 1 amide bonds. The van der Waals surface area contributed by atoms with Crippen LogP contribution in [0.2, 0.25) is 5.02 Å². The van der Waals surface area contributed by atoms with Gasteiger partial charge in [0.15, 0.2) is 0 Å². The van der Waals surface area contributed by atoms with E-state index in [9.17, 15) is 14.7 Å². The van der Waals surface area contributed by atoms with Gasteiger partial charge in [-0.1, -0.05) is 35.9 Å². The summed E-state index contributed by atoms with van der Waals surface area (Å²) < 4.78 is 0. The molecule has 2 aromatic carbocycles. The number of carboxylic acid groups (broad SMARTS) is 1. The fourth-order valence-electron chi connectivity index (χ4n) is 3.58. The minimum atomic E-state index is -1.09. The number of carbonyl (C=O) groups excluding carboxylic acids is 1. The lowest BCUT2D eigenvalue weighted by Crippen LogP contribution is -2.47. The quantitative estimate of drug-likeness (QED) is 0.628. The number of rotatable bonds is 5. The average Bonchev–Trinajstić information content (AvgIpc) is 2.80. The van der Waals surface area contributed by atoms with E-state index in [1.54, 1.807) is 24.3 Å². The van der Waals surface area contributed by atoms with Crippen LogP contribution in [-0.4, -0.2) is 48.1 Å². The van der Waals surface area contributed by atoms with Crippen LogP contribution in [0, 0.1) is 0 Å². The van der Waals surface area contributed by atoms with Crippen LogP contribution in [0.4, 0.5) is 17.2 Å². The Kier molecular flexibility index (Phi) is 6.04. The Labute approximate surface area is 184 Å². The van der Waals surface area contributed by atoms with Crippen molar-refractivity contribution in [2.45, 2.75) is 0 Å². The molecule has 1 saturated heterocycles. The van der Waals surface area contributed by atoms with Crippen LogP contribution in [0.5, 0.6) is 0 Å². The van der Waals surface area contributed by atoms with Gasteiger partial charge in [0, 0.05) is 42.5 Å². The maximum absolute atomic E-state index is 12.4. The molecule has 0 unspecified atom stereocenters. The van der Waals surface area contributed by atoms with Gasteiger partial charge in [-0.25, -0.2) is 9.78 Å². The fraction of sp³-hybridized carbons (Fsp3) is 0.174. The summed E-state index contributed by atoms with van der Waals surface area (Å²) in [6.07, 6.45) is 1.48. The van der Waals surface area contributed by atoms with Crippen LogP contribution in [-0.2, 0) is 0 Å². The second-order valence-corrected chi connectivity index (χ2v) is 7.61. The number of halogens is 1. The lowest BCUT2D eigenvalue weighted by atomic mass is 10.1. The van der Waals surface area contributed by atoms with Crippen molar-refractivity contribution < 1.29 is 14.7 Å². The second-order valence-electron chi connectivity index (χ2n) is 7.17. The highest BCUT2D eigenvalue weighted by molar-refractivity contribution is 6.31. The van der Waals surface area contributed by atoms with Gasteiger partial charge < -0.3 is 20.2 Å². The maximum Gasteiger partial charge on any atom is 0.339 e. The first-order valence-electron chi connectivity index (χ1n) is 9.86. The van der Waals surface area contributed by atoms with Gasteiger partial charge in [-0.05, 0) is 36.4 Å². The highest BCUT2D eigenvalue weighted by Crippen LogP contribution is 2.25. The van der Waals surface area contributed by atoms with Gasteiger partial charge in [-0.2, -0.15) is 0 Å². The van der Waals surface area contributed by atoms with Crippen molar-refractivity contribution in [1.82, 2.24) is 4.98 Å². The molecule has 158 valence electrons. The molecule has 0 saturated carbocycles. The predicted molar refractivity (Wildman–Crippen MR) is 121 cm³/mol. The van der Waals surface area contributed by atoms with Crippen LogP contribution in [0.25, 0.3) is 0 Å². The van der Waals surface area contributed by atoms with Crippen LogP contribution >= 0.6 is 11.6 Å². The molecule has 0 spiro atoms. The minimum absolute atomic E-state index is 0.0528. The monoisotopic (exact) mass is 436 g/mol. The molecule has 0 atom stereocenters. The summed E-state index contributed by atoms with van der Waals surface area (Å²) in [4.78, 5) is 32.9. The van der Waals surface area contributed by atoms with E-state index in [0.717, 1.165) is 18.8 Å². The van der Waals surface area contributed by atoms with E-state index in [0.29, 0.717) is 35.2 Å². The smallest absolute Gasteiger partial charge is 0.339 e. The van der Waals surface area contributed by atoms with Crippen molar-refractivity contribution in [3.63, 3.8) is 0 Å². The summed E-state index contributed by atoms with van der Waals surface area (Å²) >= 11 is 5.94. The molecule has 0 bridgehead atoms. The summed E-state index contributed by atoms with van der Waals surface area (Å²) in [5.41, 5.74) is 1.89. The number of carbonyl (C=O) groups is 2. The van der Waals surface area contributed by atoms with Crippen LogP contribution < -0.4 is 15.1 Å². The number of nitrogens with zero attached hydrogens (tertiary/aromatic N) is 3. The lowest BCUT2D eigenvalue weighted by molar-refractivity contribution is 0.0696. The van der Waals surface area contributed by atoms with Gasteiger partial charge in [0.1, 0.15) is 11.4 Å². The summed E-state index contributed by atoms with van der Waals surface area (Å²) in [5, 5.41) is 12.9. The normalized spacial score (nSPS) is 13.7. The van der Waals surface area contributed by atoms with Gasteiger partial charge in [-0.15, -0.1) is 0 Å². The number of piperazine rings is 1. The number of amides is 1. The number of hydrogen-bond acceptors (Lipinski definition) is 5. The molecule has 2 N–H and O–H groups in total. The Morgan fingerprint density at radius 2 is 1.65 bits per heavy atom. The van der Waals surface area contributed by atoms with Gasteiger partial charge >= 0.3 is 5.97 Å². The van der Waals surface area contributed by atoms with E-state index in [1.165, 1.54) is 12.3 Å². The summed E-state index contributed by atoms with van der Waals surface area (Å²) in [6.45, 7) is 2.82. The number of nitrogens with one attached hydrogen (secondary N) is 1. The number of benzene rings is 2. The zero-order valence-electron chi connectivity index (χ0n) is 16.7. The number of para-hydroxylation sites is 1. The first kappa shape index (κ1) is 20.7. The number of aromatic carboxylic acids is 1. The average molecular weight is 437 g/mol. The van der Waals surface area contributed by atoms with Crippen molar-refractivity contribution in [1.29, 1.82) is 0 Å². The van der Waals surface area contributed by atoms with E-state index >= 15 is 0 Å². The van der Waals surface area contributed by atoms with Crippen molar-refractivity contribution in [2.24, 2.45) is 0 Å². The molecule has 1 fully saturated rings. The van der Waals surface area contributed by atoms with Crippen molar-refractivity contribution in [3.8, 4) is 0 Å². The topological polar surface area (TPSA) is 85.8 Å². The SMILES string of the molecule is O=C(Nc1cnc(N2CCN(c3ccccc3)CC2)c(C(=O)O)c1)c1cccc(Cl)c1. The zero-order valence-corrected chi connectivity index (χ0v) is 17.4. The minimum Gasteiger partial charge on any atom is -0.478 e. The molecule has 8 heteroatoms. The molecular weight excluding hydrogens is 416 g/mol. The molecule has 1 aliphatic rings. The summed E-state index contributed by atoms with van der Waals surface area (Å²) in [5.74, 6) is -1.07. The van der Waals surface area contributed by atoms with Crippen LogP contribution in [0.3, 0.4) is 0 Å². The van der Waals surface area contributed by atoms with Crippen LogP contribution in [0.1, 0.15) is 20.7 Å². The Morgan fingerprint density at radius 3 is 2.32 bits per heavy atom. The highest BCUT2D eigenvalue weighted by atomic mass is 35.5. The van der Waals surface area contributed by atoms with Gasteiger partial charge in [0.05, 0.1) is 11.9 Å². The number of anilines is 3. The lowest BCUT2D eigenvalue weighted by Gasteiger charge is -2.37. The number of hydrogen-bond donors (Lipinski definition) is 2. The Morgan fingerprint density at radius 1 is 0.935 bits per heavy atom. The predicted octanol–water partition coefficient (Wildman–Crippen LogP) is 4.01. The molecule has 1 aliphatic heterocycles. The number of aromatic nitrogens is 1. The van der Waals surface area contributed by atoms with Crippen molar-refractivity contribution >= 4 is 40.7 Å². The molecule has 0 radical (unpaired) electrons. The molecule has 3 aromatic rings. The Balaban J connectivity index is 1.49. The van der Waals surface area contributed by atoms with E-state index < -0.39 is 5.97 Å². The highest BCUT2D eigenvalue weighted by Gasteiger charge is 2.23. The Bertz CT molecular complexity index is 1100. The van der Waals surface area contributed by atoms with E-state index in [-0.39, 0.29) is 11.5 Å². The standard InChI is InChI=1S/C23H21ClN4O3/c24-17-6-4-5-16(13-17)22(29)26-18-14-20(23(30)31)21(25-15-18)28-11-9-27(10-12-28)19-7-2-1-3-8-19/h1-8,13-15H,9-12H2,(H,26,29)(H,30,31). The number of carboxylic acids is 1. The molecule has 31 heavy (non-hydrogen) atoms. The molecular formula is C23H21ClN4O3. The third-order valence-electron chi connectivity index (χ3n) is 5.14. The maximum atomic E-state index is 12.4. The van der Waals surface area contributed by atoms with Crippen molar-refractivity contribution in [3.05, 3.63) is 83.0 Å². The van der Waals surface area contributed by atoms with E-state index in [4.69, 9.17) is 11.6 Å². The van der Waals surface area contributed by atoms with E-state index in [1.807, 2.05) is 23.1 Å². The third-order valence-corrected chi connectivity index (χ3v) is 5.38.